The van der Waals surface area contributed by atoms with Gasteiger partial charge in [0.15, 0.2) is 0 Å². The molecular weight excluding hydrogens is 474 g/mol. The largest absolute Gasteiger partial charge is 0.346 e. The molecule has 0 amide bonds. The number of benzene rings is 3. The van der Waals surface area contributed by atoms with Gasteiger partial charge in [0.25, 0.3) is 0 Å². The Bertz CT molecular complexity index is 1350. The lowest BCUT2D eigenvalue weighted by atomic mass is 9.84. The topological polar surface area (TPSA) is 47.9 Å². The summed E-state index contributed by atoms with van der Waals surface area (Å²) in [5.74, 6) is 0. The predicted octanol–water partition coefficient (Wildman–Crippen LogP) is 7.74. The third-order valence-corrected chi connectivity index (χ3v) is 9.14. The summed E-state index contributed by atoms with van der Waals surface area (Å²) in [6, 6.07) is 22.8. The van der Waals surface area contributed by atoms with Gasteiger partial charge in [-0.3, -0.25) is 4.57 Å². The molecule has 0 spiro atoms. The molecule has 0 aliphatic carbocycles. The summed E-state index contributed by atoms with van der Waals surface area (Å²) in [7, 11) is -1.51. The van der Waals surface area contributed by atoms with Gasteiger partial charge in [0, 0.05) is 28.9 Å². The number of halogens is 2. The average Bonchev–Trinajstić information content (AvgIpc) is 3.22. The van der Waals surface area contributed by atoms with E-state index in [-0.39, 0.29) is 5.41 Å². The van der Waals surface area contributed by atoms with Crippen molar-refractivity contribution >= 4 is 53.9 Å². The molecule has 5 rings (SSSR count). The molecule has 0 saturated carbocycles. The van der Waals surface area contributed by atoms with Gasteiger partial charge in [0.05, 0.1) is 27.9 Å². The number of likely N-dealkylation sites (N-methyl/N-ethyl adjacent to an activating group) is 1. The summed E-state index contributed by atoms with van der Waals surface area (Å²) < 4.78 is 16.6. The Balaban J connectivity index is 1.73. The fourth-order valence-electron chi connectivity index (χ4n) is 4.67. The van der Waals surface area contributed by atoms with Gasteiger partial charge >= 0.3 is 7.44 Å². The van der Waals surface area contributed by atoms with E-state index in [1.165, 1.54) is 5.56 Å². The summed E-state index contributed by atoms with van der Waals surface area (Å²) >= 11 is 12.7. The first-order chi connectivity index (χ1) is 15.7. The van der Waals surface area contributed by atoms with Gasteiger partial charge < -0.3 is 9.99 Å². The van der Waals surface area contributed by atoms with Crippen LogP contribution in [0.1, 0.15) is 19.4 Å². The number of allylic oxidation sites excluding steroid dienone is 2. The van der Waals surface area contributed by atoms with Gasteiger partial charge in [-0.2, -0.15) is 9.88 Å². The van der Waals surface area contributed by atoms with Crippen LogP contribution in [0.4, 0.5) is 17.1 Å². The number of hydrogen-bond donors (Lipinski definition) is 1. The van der Waals surface area contributed by atoms with E-state index in [9.17, 15) is 4.57 Å². The second kappa shape index (κ2) is 7.95. The zero-order valence-electron chi connectivity index (χ0n) is 18.5. The van der Waals surface area contributed by atoms with Crippen LogP contribution in [0, 0.1) is 0 Å². The van der Waals surface area contributed by atoms with Gasteiger partial charge in [0.2, 0.25) is 0 Å². The first-order valence-corrected chi connectivity index (χ1v) is 13.0. The minimum absolute atomic E-state index is 0.380. The maximum Gasteiger partial charge on any atom is 0.313 e. The molecule has 5 nitrogen and oxygen atoms in total. The van der Waals surface area contributed by atoms with Crippen LogP contribution < -0.4 is 14.8 Å². The zero-order chi connectivity index (χ0) is 23.4. The molecule has 8 heteroatoms. The van der Waals surface area contributed by atoms with Crippen LogP contribution in [0.25, 0.3) is 0 Å². The molecule has 0 bridgehead atoms. The van der Waals surface area contributed by atoms with Crippen LogP contribution in [-0.4, -0.2) is 13.3 Å². The van der Waals surface area contributed by atoms with Crippen molar-refractivity contribution in [2.24, 2.45) is 5.10 Å². The second-order valence-electron chi connectivity index (χ2n) is 8.62. The Morgan fingerprint density at radius 1 is 0.970 bits per heavy atom. The van der Waals surface area contributed by atoms with Crippen molar-refractivity contribution in [3.05, 3.63) is 99.4 Å². The lowest BCUT2D eigenvalue weighted by Crippen LogP contribution is -2.26. The van der Waals surface area contributed by atoms with E-state index < -0.39 is 7.44 Å². The van der Waals surface area contributed by atoms with E-state index in [1.807, 2.05) is 49.5 Å². The minimum atomic E-state index is -3.52. The van der Waals surface area contributed by atoms with E-state index in [4.69, 9.17) is 23.2 Å². The van der Waals surface area contributed by atoms with Gasteiger partial charge in [-0.15, -0.1) is 0 Å². The van der Waals surface area contributed by atoms with E-state index >= 15 is 0 Å². The number of anilines is 3. The SMILES string of the molecule is CN1/C(=C2\C=NN(c3ccccc3)P2(=O)Nc2cc(Cl)ccc2Cl)C(C)(C)c2ccccc21. The van der Waals surface area contributed by atoms with Crippen molar-refractivity contribution in [3.63, 3.8) is 0 Å². The second-order valence-corrected chi connectivity index (χ2v) is 11.7. The minimum Gasteiger partial charge on any atom is -0.346 e. The number of nitrogens with zero attached hydrogens (tertiary/aromatic N) is 3. The lowest BCUT2D eigenvalue weighted by Gasteiger charge is -2.31. The molecule has 2 heterocycles. The number of nitrogens with one attached hydrogen (secondary N) is 1. The highest BCUT2D eigenvalue weighted by molar-refractivity contribution is 7.72. The van der Waals surface area contributed by atoms with E-state index in [0.29, 0.717) is 26.7 Å². The number of fused-ring (bicyclic) bond motifs is 1. The zero-order valence-corrected chi connectivity index (χ0v) is 20.9. The molecular formula is C25H23Cl2N4OP. The molecule has 2 aliphatic heterocycles. The molecule has 3 aromatic carbocycles. The van der Waals surface area contributed by atoms with Gasteiger partial charge in [0.1, 0.15) is 0 Å². The van der Waals surface area contributed by atoms with Crippen LogP contribution in [0.15, 0.2) is 88.9 Å². The Hall–Kier alpha value is -2.72. The molecule has 2 aliphatic rings. The van der Waals surface area contributed by atoms with Crippen molar-refractivity contribution in [2.75, 3.05) is 21.8 Å². The molecule has 168 valence electrons. The van der Waals surface area contributed by atoms with E-state index in [1.54, 1.807) is 29.2 Å². The number of hydrogen-bond acceptors (Lipinski definition) is 3. The fourth-order valence-corrected chi connectivity index (χ4v) is 7.58. The highest BCUT2D eigenvalue weighted by Gasteiger charge is 2.48. The van der Waals surface area contributed by atoms with Crippen molar-refractivity contribution in [1.29, 1.82) is 0 Å². The highest BCUT2D eigenvalue weighted by Crippen LogP contribution is 2.65. The number of para-hydroxylation sites is 2. The van der Waals surface area contributed by atoms with E-state index in [0.717, 1.165) is 11.4 Å². The Morgan fingerprint density at radius 3 is 2.39 bits per heavy atom. The third-order valence-electron chi connectivity index (χ3n) is 6.18. The summed E-state index contributed by atoms with van der Waals surface area (Å²) in [5, 5.41) is 9.42. The summed E-state index contributed by atoms with van der Waals surface area (Å²) in [6.45, 7) is 4.29. The molecule has 0 radical (unpaired) electrons. The first-order valence-electron chi connectivity index (χ1n) is 10.5. The molecule has 0 fully saturated rings. The van der Waals surface area contributed by atoms with Crippen LogP contribution in [0.5, 0.6) is 0 Å². The van der Waals surface area contributed by atoms with Crippen molar-refractivity contribution in [2.45, 2.75) is 19.3 Å². The third kappa shape index (κ3) is 3.47. The summed E-state index contributed by atoms with van der Waals surface area (Å²) in [4.78, 5) is 2.11. The Labute approximate surface area is 203 Å². The lowest BCUT2D eigenvalue weighted by molar-refractivity contribution is 0.579. The molecule has 1 unspecified atom stereocenters. The molecule has 1 atom stereocenters. The smallest absolute Gasteiger partial charge is 0.313 e. The monoisotopic (exact) mass is 496 g/mol. The maximum absolute atomic E-state index is 15.0. The van der Waals surface area contributed by atoms with Crippen LogP contribution in [0.2, 0.25) is 10.0 Å². The first kappa shape index (κ1) is 22.1. The normalized spacial score (nSPS) is 23.2. The average molecular weight is 497 g/mol. The van der Waals surface area contributed by atoms with Crippen molar-refractivity contribution < 1.29 is 4.57 Å². The fraction of sp³-hybridized carbons (Fsp3) is 0.160. The standard InChI is InChI=1S/C25H23Cl2N4OP/c1-25(2)19-11-7-8-12-22(19)30(3)24(25)23-16-28-31(18-9-5-4-6-10-18)33(23,32)29-21-15-17(26)13-14-20(21)27/h4-16H,1-3H3,(H,29,32)/b24-23+. The number of hydrazone groups is 1. The number of rotatable bonds is 3. The Morgan fingerprint density at radius 2 is 1.67 bits per heavy atom. The van der Waals surface area contributed by atoms with Crippen LogP contribution >= 0.6 is 30.6 Å². The molecule has 0 saturated heterocycles. The molecule has 1 N–H and O–H groups in total. The summed E-state index contributed by atoms with van der Waals surface area (Å²) in [6.07, 6.45) is 1.71. The van der Waals surface area contributed by atoms with Crippen molar-refractivity contribution in [3.8, 4) is 0 Å². The molecule has 33 heavy (non-hydrogen) atoms. The predicted molar refractivity (Wildman–Crippen MR) is 140 cm³/mol. The van der Waals surface area contributed by atoms with Gasteiger partial charge in [-0.05, 0) is 42.0 Å². The van der Waals surface area contributed by atoms with Gasteiger partial charge in [-0.1, -0.05) is 73.4 Å². The van der Waals surface area contributed by atoms with Crippen LogP contribution in [-0.2, 0) is 9.98 Å². The molecule has 0 aromatic heterocycles. The van der Waals surface area contributed by atoms with Crippen molar-refractivity contribution in [1.82, 2.24) is 0 Å². The molecule has 3 aromatic rings. The quantitative estimate of drug-likeness (QED) is 0.376. The highest BCUT2D eigenvalue weighted by atomic mass is 35.5. The van der Waals surface area contributed by atoms with E-state index in [2.05, 4.69) is 41.1 Å². The summed E-state index contributed by atoms with van der Waals surface area (Å²) in [5.41, 5.74) is 4.02. The Kier molecular flexibility index (Phi) is 5.32. The maximum atomic E-state index is 15.0. The van der Waals surface area contributed by atoms with Gasteiger partial charge in [-0.25, -0.2) is 0 Å². The van der Waals surface area contributed by atoms with Crippen LogP contribution in [0.3, 0.4) is 0 Å².